The Morgan fingerprint density at radius 1 is 1.50 bits per heavy atom. The Bertz CT molecular complexity index is 17.5. The monoisotopic (exact) mass is 189 g/mol. The molecule has 0 aliphatic rings. The lowest BCUT2D eigenvalue weighted by atomic mass is 26.4. The predicted octanol–water partition coefficient (Wildman–Crippen LogP) is -2.02. The van der Waals surface area contributed by atoms with Crippen molar-refractivity contribution in [3.8, 4) is 0 Å². The van der Waals surface area contributed by atoms with Gasteiger partial charge in [-0.15, -0.1) is 0 Å². The largest absolute Gasteiger partial charge is 0.181 e. The molecule has 0 atom stereocenters. The summed E-state index contributed by atoms with van der Waals surface area (Å²) in [7, 11) is 1.13. The summed E-state index contributed by atoms with van der Waals surface area (Å²) in [6.07, 6.45) is 0. The molecule has 0 heterocycles. The smallest absolute Gasteiger partial charge is 0.125 e. The highest BCUT2D eigenvalue weighted by Crippen LogP contribution is 1.65. The molecule has 6 heavy (non-hydrogen) atoms. The van der Waals surface area contributed by atoms with Crippen LogP contribution < -0.4 is 0 Å². The van der Waals surface area contributed by atoms with Crippen LogP contribution in [0.4, 0.5) is 0 Å². The summed E-state index contributed by atoms with van der Waals surface area (Å²) in [4.78, 5) is 0. The summed E-state index contributed by atoms with van der Waals surface area (Å²) in [5.74, 6) is 0. The molecule has 0 N–H and O–H groups in total. The first-order valence-electron chi connectivity index (χ1n) is 1.89. The van der Waals surface area contributed by atoms with Crippen LogP contribution in [-0.4, -0.2) is 33.8 Å². The van der Waals surface area contributed by atoms with Gasteiger partial charge in [0.25, 0.3) is 0 Å². The average Bonchev–Trinajstić information content (AvgIpc) is 1.61. The molecule has 0 aromatic rings. The minimum absolute atomic E-state index is 0.0122. The van der Waals surface area contributed by atoms with E-state index in [9.17, 15) is 0 Å². The fraction of sp³-hybridized carbons (Fsp3) is 0. The molecule has 0 rings (SSSR count). The van der Waals surface area contributed by atoms with Gasteiger partial charge in [0.1, 0.15) is 16.7 Å². The van der Waals surface area contributed by atoms with Crippen LogP contribution in [0.1, 0.15) is 0 Å². The van der Waals surface area contributed by atoms with Crippen LogP contribution in [0.3, 0.4) is 0 Å². The maximum Gasteiger partial charge on any atom is 0.125 e. The van der Waals surface area contributed by atoms with Crippen LogP contribution in [0.25, 0.3) is 0 Å². The molecule has 0 aromatic heterocycles. The summed E-state index contributed by atoms with van der Waals surface area (Å²) in [5, 5.41) is 0. The maximum absolute atomic E-state index is 5.57. The second kappa shape index (κ2) is 6.45. The zero-order valence-corrected chi connectivity index (χ0v) is 10.4. The van der Waals surface area contributed by atoms with E-state index in [0.29, 0.717) is 25.5 Å². The lowest BCUT2D eigenvalue weighted by molar-refractivity contribution is 3.96. The molecule has 0 unspecified atom stereocenters. The lowest BCUT2D eigenvalue weighted by Gasteiger charge is -1.77. The second-order valence-corrected chi connectivity index (χ2v) is 26.6. The van der Waals surface area contributed by atoms with E-state index in [1.165, 1.54) is 0 Å². The highest BCUT2D eigenvalue weighted by molar-refractivity contribution is 7.57. The normalized spacial score (nSPS) is 15.0. The summed E-state index contributed by atoms with van der Waals surface area (Å²) in [6, 6.07) is 0. The first-order chi connectivity index (χ1) is 2.91. The number of halogens is 2. The van der Waals surface area contributed by atoms with E-state index in [-0.39, 0.29) is 8.35 Å². The van der Waals surface area contributed by atoms with Crippen LogP contribution in [-0.2, 0) is 0 Å². The van der Waals surface area contributed by atoms with Crippen LogP contribution >= 0.6 is 22.2 Å². The Labute approximate surface area is 56.1 Å². The third kappa shape index (κ3) is 5.45. The summed E-state index contributed by atoms with van der Waals surface area (Å²) in [5.41, 5.74) is 0. The molecule has 0 nitrogen and oxygen atoms in total. The van der Waals surface area contributed by atoms with Crippen molar-refractivity contribution in [3.63, 3.8) is 0 Å². The van der Waals surface area contributed by atoms with Gasteiger partial charge in [-0.2, -0.15) is 22.2 Å². The standard InChI is InChI=1S/Cl2H7Si4/c1-3-5-6-4-2/h3H,4-6H2. The van der Waals surface area contributed by atoms with E-state index in [1.54, 1.807) is 0 Å². The third-order valence-electron chi connectivity index (χ3n) is 0.447. The third-order valence-corrected chi connectivity index (χ3v) is 36.2. The minimum atomic E-state index is 0.0122. The van der Waals surface area contributed by atoms with Crippen molar-refractivity contribution >= 4 is 56.0 Å². The van der Waals surface area contributed by atoms with Crippen molar-refractivity contribution in [2.75, 3.05) is 0 Å². The van der Waals surface area contributed by atoms with Gasteiger partial charge in [0, 0.05) is 17.1 Å². The molecule has 0 fully saturated rings. The fourth-order valence-electron chi connectivity index (χ4n) is 0.154. The van der Waals surface area contributed by atoms with E-state index in [4.69, 9.17) is 22.2 Å². The molecule has 1 radical (unpaired) electrons. The molecule has 0 amide bonds. The molecule has 0 aromatic carbocycles. The number of rotatable bonds is 3. The van der Waals surface area contributed by atoms with Crippen molar-refractivity contribution in [1.29, 1.82) is 0 Å². The molecular weight excluding hydrogens is 183 g/mol. The van der Waals surface area contributed by atoms with E-state index in [2.05, 4.69) is 0 Å². The quantitative estimate of drug-likeness (QED) is 0.274. The number of hydrogen-bond donors (Lipinski definition) is 0. The van der Waals surface area contributed by atoms with Gasteiger partial charge in [0.05, 0.1) is 0 Å². The lowest BCUT2D eigenvalue weighted by Crippen LogP contribution is -2.11. The van der Waals surface area contributed by atoms with Crippen molar-refractivity contribution in [2.24, 2.45) is 0 Å². The van der Waals surface area contributed by atoms with Gasteiger partial charge in [0.2, 0.25) is 0 Å². The Balaban J connectivity index is 2.34. The molecule has 0 aliphatic heterocycles. The highest BCUT2D eigenvalue weighted by atomic mass is 35.6. The average molecular weight is 190 g/mol. The Morgan fingerprint density at radius 2 is 2.17 bits per heavy atom. The Hall–Kier alpha value is 1.45. The van der Waals surface area contributed by atoms with Gasteiger partial charge >= 0.3 is 0 Å². The summed E-state index contributed by atoms with van der Waals surface area (Å²) in [6.45, 7) is 0. The summed E-state index contributed by atoms with van der Waals surface area (Å²) < 4.78 is 0. The molecule has 0 bridgehead atoms. The minimum Gasteiger partial charge on any atom is -0.181 e. The highest BCUT2D eigenvalue weighted by Gasteiger charge is 1.84. The van der Waals surface area contributed by atoms with Gasteiger partial charge in [-0.05, 0) is 0 Å². The molecule has 37 valence electrons. The fourth-order valence-corrected chi connectivity index (χ4v) is 37.5. The van der Waals surface area contributed by atoms with Gasteiger partial charge in [0.15, 0.2) is 0 Å². The Kier molecular flexibility index (Phi) is 8.00. The van der Waals surface area contributed by atoms with Crippen LogP contribution in [0.5, 0.6) is 0 Å². The number of hydrogen-bond acceptors (Lipinski definition) is 0. The van der Waals surface area contributed by atoms with E-state index in [1.807, 2.05) is 0 Å². The van der Waals surface area contributed by atoms with Crippen molar-refractivity contribution in [2.45, 2.75) is 0 Å². The molecule has 0 aliphatic carbocycles. The first kappa shape index (κ1) is 7.45. The Morgan fingerprint density at radius 3 is 2.33 bits per heavy atom. The van der Waals surface area contributed by atoms with Gasteiger partial charge in [-0.1, -0.05) is 0 Å². The predicted molar refractivity (Wildman–Crippen MR) is 44.5 cm³/mol. The maximum atomic E-state index is 5.57. The van der Waals surface area contributed by atoms with Gasteiger partial charge < -0.3 is 0 Å². The van der Waals surface area contributed by atoms with Gasteiger partial charge in [-0.3, -0.25) is 0 Å². The summed E-state index contributed by atoms with van der Waals surface area (Å²) >= 11 is 11.1. The molecule has 0 spiro atoms. The zero-order valence-electron chi connectivity index (χ0n) is 3.45. The van der Waals surface area contributed by atoms with E-state index >= 15 is 0 Å². The van der Waals surface area contributed by atoms with E-state index < -0.39 is 0 Å². The SMILES string of the molecule is Cl[SiH][SiH2][SiH2][SiH2]Cl. The van der Waals surface area contributed by atoms with Gasteiger partial charge in [-0.25, -0.2) is 0 Å². The van der Waals surface area contributed by atoms with Crippen molar-refractivity contribution in [1.82, 2.24) is 0 Å². The topological polar surface area (TPSA) is 0 Å². The second-order valence-electron chi connectivity index (χ2n) is 0.986. The van der Waals surface area contributed by atoms with Crippen LogP contribution in [0.15, 0.2) is 0 Å². The van der Waals surface area contributed by atoms with Crippen molar-refractivity contribution < 1.29 is 0 Å². The molecular formula is H7Cl2Si4. The molecule has 6 heteroatoms. The van der Waals surface area contributed by atoms with E-state index in [0.717, 1.165) is 0 Å². The van der Waals surface area contributed by atoms with Crippen molar-refractivity contribution in [3.05, 3.63) is 0 Å². The first-order valence-corrected chi connectivity index (χ1v) is 17.0. The molecule has 0 saturated carbocycles. The van der Waals surface area contributed by atoms with Crippen LogP contribution in [0, 0.1) is 0 Å². The van der Waals surface area contributed by atoms with Crippen LogP contribution in [0.2, 0.25) is 0 Å². The molecule has 0 saturated heterocycles. The zero-order chi connectivity index (χ0) is 4.83.